The maximum Gasteiger partial charge on any atom is 0.416 e. The summed E-state index contributed by atoms with van der Waals surface area (Å²) in [5.41, 5.74) is -0.438. The Morgan fingerprint density at radius 2 is 1.75 bits per heavy atom. The van der Waals surface area contributed by atoms with Gasteiger partial charge in [0.2, 0.25) is 0 Å². The predicted octanol–water partition coefficient (Wildman–Crippen LogP) is 4.37. The van der Waals surface area contributed by atoms with Crippen LogP contribution in [0.4, 0.5) is 18.0 Å². The van der Waals surface area contributed by atoms with Gasteiger partial charge in [-0.15, -0.1) is 0 Å². The zero-order valence-corrected chi connectivity index (χ0v) is 14.1. The summed E-state index contributed by atoms with van der Waals surface area (Å²) in [7, 11) is 0. The van der Waals surface area contributed by atoms with E-state index in [1.54, 1.807) is 6.07 Å². The number of hydrogen-bond acceptors (Lipinski definition) is 1. The molecule has 2 N–H and O–H groups in total. The molecule has 0 radical (unpaired) electrons. The zero-order valence-electron chi connectivity index (χ0n) is 14.1. The van der Waals surface area contributed by atoms with Gasteiger partial charge in [0.05, 0.1) is 5.56 Å². The van der Waals surface area contributed by atoms with Gasteiger partial charge in [0.1, 0.15) is 0 Å². The van der Waals surface area contributed by atoms with E-state index in [2.05, 4.69) is 24.5 Å². The van der Waals surface area contributed by atoms with Crippen molar-refractivity contribution < 1.29 is 18.0 Å². The standard InChI is InChI=1S/C18H25F3N2O/c1-12-9-13(2)11-15(10-12)23-17(24)22-8-7-14-5-3-4-6-16(14)18(19,20)21/h3-6,12-13,15H,7-11H2,1-2H3,(H2,22,23,24). The average molecular weight is 342 g/mol. The number of urea groups is 1. The molecule has 0 saturated heterocycles. The van der Waals surface area contributed by atoms with Gasteiger partial charge in [-0.3, -0.25) is 0 Å². The second-order valence-electron chi connectivity index (χ2n) is 6.92. The van der Waals surface area contributed by atoms with E-state index in [1.165, 1.54) is 18.6 Å². The molecule has 1 aromatic rings. The molecule has 2 amide bonds. The van der Waals surface area contributed by atoms with Crippen LogP contribution in [0, 0.1) is 11.8 Å². The van der Waals surface area contributed by atoms with E-state index in [0.717, 1.165) is 18.9 Å². The van der Waals surface area contributed by atoms with Gasteiger partial charge in [-0.05, 0) is 49.1 Å². The Hall–Kier alpha value is -1.72. The number of rotatable bonds is 4. The van der Waals surface area contributed by atoms with Crippen molar-refractivity contribution in [1.82, 2.24) is 10.6 Å². The molecule has 6 heteroatoms. The molecule has 1 aromatic carbocycles. The molecule has 1 aliphatic rings. The number of hydrogen-bond donors (Lipinski definition) is 2. The lowest BCUT2D eigenvalue weighted by molar-refractivity contribution is -0.138. The maximum absolute atomic E-state index is 12.9. The smallest absolute Gasteiger partial charge is 0.338 e. The van der Waals surface area contributed by atoms with Crippen molar-refractivity contribution in [3.8, 4) is 0 Å². The minimum atomic E-state index is -4.37. The Balaban J connectivity index is 1.81. The first-order valence-electron chi connectivity index (χ1n) is 8.45. The Labute approximate surface area is 141 Å². The van der Waals surface area contributed by atoms with Crippen LogP contribution >= 0.6 is 0 Å². The summed E-state index contributed by atoms with van der Waals surface area (Å²) in [6, 6.07) is 5.32. The molecule has 0 spiro atoms. The highest BCUT2D eigenvalue weighted by Gasteiger charge is 2.32. The SMILES string of the molecule is CC1CC(C)CC(NC(=O)NCCc2ccccc2C(F)(F)F)C1. The lowest BCUT2D eigenvalue weighted by Gasteiger charge is -2.31. The molecule has 2 unspecified atom stereocenters. The third-order valence-corrected chi connectivity index (χ3v) is 4.52. The predicted molar refractivity (Wildman–Crippen MR) is 87.6 cm³/mol. The number of carbonyl (C=O) groups excluding carboxylic acids is 1. The van der Waals surface area contributed by atoms with Gasteiger partial charge < -0.3 is 10.6 Å². The van der Waals surface area contributed by atoms with Crippen molar-refractivity contribution in [2.24, 2.45) is 11.8 Å². The van der Waals surface area contributed by atoms with E-state index in [1.807, 2.05) is 0 Å². The lowest BCUT2D eigenvalue weighted by atomic mass is 9.80. The fourth-order valence-electron chi connectivity index (χ4n) is 3.63. The van der Waals surface area contributed by atoms with Crippen LogP contribution in [0.5, 0.6) is 0 Å². The molecule has 1 aliphatic carbocycles. The number of amides is 2. The van der Waals surface area contributed by atoms with E-state index in [0.29, 0.717) is 11.8 Å². The van der Waals surface area contributed by atoms with Crippen LogP contribution in [0.2, 0.25) is 0 Å². The number of benzene rings is 1. The number of halogens is 3. The minimum absolute atomic E-state index is 0.145. The monoisotopic (exact) mass is 342 g/mol. The van der Waals surface area contributed by atoms with Crippen LogP contribution in [0.25, 0.3) is 0 Å². The average Bonchev–Trinajstić information content (AvgIpc) is 2.45. The highest BCUT2D eigenvalue weighted by atomic mass is 19.4. The molecule has 3 nitrogen and oxygen atoms in total. The van der Waals surface area contributed by atoms with Gasteiger partial charge in [0.25, 0.3) is 0 Å². The highest BCUT2D eigenvalue weighted by Crippen LogP contribution is 2.32. The van der Waals surface area contributed by atoms with Crippen molar-refractivity contribution in [3.63, 3.8) is 0 Å². The van der Waals surface area contributed by atoms with Crippen molar-refractivity contribution in [3.05, 3.63) is 35.4 Å². The quantitative estimate of drug-likeness (QED) is 0.838. The molecule has 2 rings (SSSR count). The fourth-order valence-corrected chi connectivity index (χ4v) is 3.63. The van der Waals surface area contributed by atoms with E-state index < -0.39 is 11.7 Å². The van der Waals surface area contributed by atoms with E-state index >= 15 is 0 Å². The Morgan fingerprint density at radius 3 is 2.38 bits per heavy atom. The van der Waals surface area contributed by atoms with Crippen LogP contribution in [0.15, 0.2) is 24.3 Å². The van der Waals surface area contributed by atoms with Crippen LogP contribution in [-0.2, 0) is 12.6 Å². The first kappa shape index (κ1) is 18.6. The molecule has 0 heterocycles. The van der Waals surface area contributed by atoms with Gasteiger partial charge in [-0.1, -0.05) is 32.0 Å². The molecule has 0 aliphatic heterocycles. The van der Waals surface area contributed by atoms with Crippen molar-refractivity contribution in [2.45, 2.75) is 51.7 Å². The van der Waals surface area contributed by atoms with Gasteiger partial charge in [-0.2, -0.15) is 13.2 Å². The van der Waals surface area contributed by atoms with Crippen molar-refractivity contribution in [2.75, 3.05) is 6.54 Å². The number of carbonyl (C=O) groups is 1. The Kier molecular flexibility index (Phi) is 6.13. The van der Waals surface area contributed by atoms with Gasteiger partial charge in [0.15, 0.2) is 0 Å². The minimum Gasteiger partial charge on any atom is -0.338 e. The molecule has 1 fully saturated rings. The summed E-state index contributed by atoms with van der Waals surface area (Å²) in [5, 5.41) is 5.61. The van der Waals surface area contributed by atoms with Gasteiger partial charge in [0, 0.05) is 12.6 Å². The van der Waals surface area contributed by atoms with Gasteiger partial charge >= 0.3 is 12.2 Å². The lowest BCUT2D eigenvalue weighted by Crippen LogP contribution is -2.45. The summed E-state index contributed by atoms with van der Waals surface area (Å²) < 4.78 is 38.8. The molecule has 2 atom stereocenters. The maximum atomic E-state index is 12.9. The van der Waals surface area contributed by atoms with Crippen LogP contribution < -0.4 is 10.6 Å². The number of nitrogens with one attached hydrogen (secondary N) is 2. The molecule has 0 bridgehead atoms. The van der Waals surface area contributed by atoms with Crippen LogP contribution in [-0.4, -0.2) is 18.6 Å². The third-order valence-electron chi connectivity index (χ3n) is 4.52. The molecular formula is C18H25F3N2O. The van der Waals surface area contributed by atoms with E-state index in [-0.39, 0.29) is 30.6 Å². The summed E-state index contributed by atoms with van der Waals surface area (Å²) in [6.07, 6.45) is -1.13. The number of alkyl halides is 3. The second-order valence-corrected chi connectivity index (χ2v) is 6.92. The zero-order chi connectivity index (χ0) is 17.7. The molecule has 0 aromatic heterocycles. The van der Waals surface area contributed by atoms with Crippen LogP contribution in [0.3, 0.4) is 0 Å². The first-order valence-corrected chi connectivity index (χ1v) is 8.45. The highest BCUT2D eigenvalue weighted by molar-refractivity contribution is 5.74. The third kappa shape index (κ3) is 5.42. The van der Waals surface area contributed by atoms with E-state index in [4.69, 9.17) is 0 Å². The molecule has 24 heavy (non-hydrogen) atoms. The summed E-state index contributed by atoms with van der Waals surface area (Å²) in [5.74, 6) is 1.16. The second kappa shape index (κ2) is 7.90. The molecular weight excluding hydrogens is 317 g/mol. The topological polar surface area (TPSA) is 41.1 Å². The van der Waals surface area contributed by atoms with Crippen molar-refractivity contribution >= 4 is 6.03 Å². The summed E-state index contributed by atoms with van der Waals surface area (Å²) in [6.45, 7) is 4.53. The van der Waals surface area contributed by atoms with Crippen molar-refractivity contribution in [1.29, 1.82) is 0 Å². The molecule has 134 valence electrons. The molecule has 1 saturated carbocycles. The van der Waals surface area contributed by atoms with Gasteiger partial charge in [-0.25, -0.2) is 4.79 Å². The Morgan fingerprint density at radius 1 is 1.12 bits per heavy atom. The largest absolute Gasteiger partial charge is 0.416 e. The fraction of sp³-hybridized carbons (Fsp3) is 0.611. The van der Waals surface area contributed by atoms with Crippen LogP contribution in [0.1, 0.15) is 44.2 Å². The normalized spacial score (nSPS) is 24.5. The van der Waals surface area contributed by atoms with E-state index in [9.17, 15) is 18.0 Å². The summed E-state index contributed by atoms with van der Waals surface area (Å²) >= 11 is 0. The Bertz CT molecular complexity index is 549. The summed E-state index contributed by atoms with van der Waals surface area (Å²) in [4.78, 5) is 12.0. The first-order chi connectivity index (χ1) is 11.3.